The van der Waals surface area contributed by atoms with Crippen LogP contribution in [0.15, 0.2) is 23.1 Å². The van der Waals surface area contributed by atoms with Crippen molar-refractivity contribution in [2.45, 2.75) is 0 Å². The maximum atomic E-state index is 10.9. The molecule has 0 unspecified atom stereocenters. The number of hydrogen-bond acceptors (Lipinski definition) is 5. The van der Waals surface area contributed by atoms with E-state index in [1.807, 2.05) is 0 Å². The van der Waals surface area contributed by atoms with Crippen molar-refractivity contribution in [3.05, 3.63) is 28.8 Å². The van der Waals surface area contributed by atoms with E-state index in [1.165, 1.54) is 6.20 Å². The van der Waals surface area contributed by atoms with E-state index in [1.54, 1.807) is 12.1 Å². The summed E-state index contributed by atoms with van der Waals surface area (Å²) in [6.07, 6.45) is 1.45. The molecule has 2 aromatic rings. The van der Waals surface area contributed by atoms with Gasteiger partial charge in [-0.1, -0.05) is 0 Å². The van der Waals surface area contributed by atoms with Crippen molar-refractivity contribution in [2.75, 3.05) is 5.73 Å². The van der Waals surface area contributed by atoms with E-state index in [9.17, 15) is 10.0 Å². The Morgan fingerprint density at radius 2 is 2.31 bits per heavy atom. The Balaban J connectivity index is 3.06. The van der Waals surface area contributed by atoms with Gasteiger partial charge in [0.15, 0.2) is 5.65 Å². The fourth-order valence-electron chi connectivity index (χ4n) is 1.07. The van der Waals surface area contributed by atoms with Gasteiger partial charge in [0.25, 0.3) is 0 Å². The second kappa shape index (κ2) is 2.44. The second-order valence-electron chi connectivity index (χ2n) is 2.47. The molecule has 0 saturated heterocycles. The Morgan fingerprint density at radius 3 is 3.08 bits per heavy atom. The Hall–Kier alpha value is -2.11. The van der Waals surface area contributed by atoms with E-state index in [0.717, 1.165) is 0 Å². The molecule has 2 aromatic heterocycles. The third-order valence-electron chi connectivity index (χ3n) is 1.66. The quantitative estimate of drug-likeness (QED) is 0.536. The van der Waals surface area contributed by atoms with E-state index >= 15 is 0 Å². The highest BCUT2D eigenvalue weighted by Crippen LogP contribution is 2.12. The summed E-state index contributed by atoms with van der Waals surface area (Å²) in [6, 6.07) is 3.27. The third-order valence-corrected chi connectivity index (χ3v) is 1.66. The van der Waals surface area contributed by atoms with Gasteiger partial charge in [0.05, 0.1) is 5.39 Å². The van der Waals surface area contributed by atoms with Gasteiger partial charge in [-0.25, -0.2) is 9.78 Å². The van der Waals surface area contributed by atoms with Crippen LogP contribution in [0.3, 0.4) is 0 Å². The molecule has 0 aliphatic heterocycles. The Morgan fingerprint density at radius 1 is 1.54 bits per heavy atom. The summed E-state index contributed by atoms with van der Waals surface area (Å²) in [4.78, 5) is 18.1. The molecule has 0 atom stereocenters. The summed E-state index contributed by atoms with van der Waals surface area (Å²) in [5.41, 5.74) is 4.73. The van der Waals surface area contributed by atoms with Crippen LogP contribution in [0.2, 0.25) is 0 Å². The molecule has 0 amide bonds. The number of anilines is 1. The van der Waals surface area contributed by atoms with Gasteiger partial charge in [-0.15, -0.1) is 4.73 Å². The number of fused-ring (bicyclic) bond motifs is 1. The first-order chi connectivity index (χ1) is 6.20. The van der Waals surface area contributed by atoms with E-state index in [4.69, 9.17) is 5.73 Å². The summed E-state index contributed by atoms with van der Waals surface area (Å²) < 4.78 is 0.367. The molecule has 3 N–H and O–H groups in total. The lowest BCUT2D eigenvalue weighted by Crippen LogP contribution is -2.23. The average Bonchev–Trinajstić information content (AvgIpc) is 2.15. The van der Waals surface area contributed by atoms with Gasteiger partial charge in [0.2, 0.25) is 0 Å². The smallest absolute Gasteiger partial charge is 0.384 e. The van der Waals surface area contributed by atoms with Crippen LogP contribution in [0.25, 0.3) is 11.0 Å². The number of aromatic nitrogens is 3. The standard InChI is InChI=1S/C7H6N4O2/c8-5-4-2-1-3-9-6(4)11(13)7(12)10-5/h1-3,13H,(H2,8,10,12). The molecule has 0 aliphatic carbocycles. The number of pyridine rings is 1. The van der Waals surface area contributed by atoms with Gasteiger partial charge >= 0.3 is 5.69 Å². The summed E-state index contributed by atoms with van der Waals surface area (Å²) in [5, 5.41) is 9.66. The molecule has 0 aliphatic rings. The number of hydrogen-bond donors (Lipinski definition) is 2. The normalized spacial score (nSPS) is 10.5. The van der Waals surface area contributed by atoms with Gasteiger partial charge in [-0.3, -0.25) is 0 Å². The molecular formula is C7H6N4O2. The Bertz CT molecular complexity index is 519. The van der Waals surface area contributed by atoms with Crippen LogP contribution in [0.1, 0.15) is 0 Å². The largest absolute Gasteiger partial charge is 0.422 e. The maximum absolute atomic E-state index is 10.9. The van der Waals surface area contributed by atoms with Crippen molar-refractivity contribution in [1.82, 2.24) is 14.7 Å². The van der Waals surface area contributed by atoms with E-state index in [2.05, 4.69) is 9.97 Å². The molecule has 0 fully saturated rings. The fraction of sp³-hybridized carbons (Fsp3) is 0. The Labute approximate surface area is 72.2 Å². The molecule has 6 heteroatoms. The van der Waals surface area contributed by atoms with Gasteiger partial charge < -0.3 is 10.9 Å². The number of nitrogens with two attached hydrogens (primary N) is 1. The van der Waals surface area contributed by atoms with Gasteiger partial charge in [-0.2, -0.15) is 4.98 Å². The van der Waals surface area contributed by atoms with Crippen molar-refractivity contribution in [3.8, 4) is 0 Å². The molecule has 2 rings (SSSR count). The topological polar surface area (TPSA) is 94.0 Å². The van der Waals surface area contributed by atoms with Gasteiger partial charge in [0.1, 0.15) is 5.82 Å². The second-order valence-corrected chi connectivity index (χ2v) is 2.47. The highest BCUT2D eigenvalue weighted by Gasteiger charge is 2.06. The molecule has 0 spiro atoms. The molecule has 13 heavy (non-hydrogen) atoms. The van der Waals surface area contributed by atoms with Crippen LogP contribution in [-0.2, 0) is 0 Å². The van der Waals surface area contributed by atoms with Crippen LogP contribution in [-0.4, -0.2) is 19.9 Å². The van der Waals surface area contributed by atoms with E-state index in [-0.39, 0.29) is 11.5 Å². The summed E-state index contributed by atoms with van der Waals surface area (Å²) >= 11 is 0. The van der Waals surface area contributed by atoms with Crippen molar-refractivity contribution in [3.63, 3.8) is 0 Å². The highest BCUT2D eigenvalue weighted by atomic mass is 16.5. The number of rotatable bonds is 0. The minimum absolute atomic E-state index is 0.0680. The number of nitrogen functional groups attached to an aromatic ring is 1. The van der Waals surface area contributed by atoms with Crippen LogP contribution >= 0.6 is 0 Å². The fourth-order valence-corrected chi connectivity index (χ4v) is 1.07. The molecule has 0 bridgehead atoms. The predicted octanol–water partition coefficient (Wildman–Crippen LogP) is -0.389. The molecule has 2 heterocycles. The third kappa shape index (κ3) is 0.994. The van der Waals surface area contributed by atoms with Crippen LogP contribution in [0, 0.1) is 0 Å². The van der Waals surface area contributed by atoms with Crippen LogP contribution in [0.5, 0.6) is 0 Å². The molecule has 0 radical (unpaired) electrons. The van der Waals surface area contributed by atoms with Crippen LogP contribution in [0.4, 0.5) is 5.82 Å². The minimum Gasteiger partial charge on any atom is -0.422 e. The Kier molecular flexibility index (Phi) is 1.42. The first kappa shape index (κ1) is 7.53. The zero-order valence-corrected chi connectivity index (χ0v) is 6.51. The molecule has 0 saturated carbocycles. The molecule has 0 aromatic carbocycles. The molecule has 66 valence electrons. The van der Waals surface area contributed by atoms with Crippen molar-refractivity contribution < 1.29 is 5.21 Å². The van der Waals surface area contributed by atoms with Crippen molar-refractivity contribution in [2.24, 2.45) is 0 Å². The summed E-state index contributed by atoms with van der Waals surface area (Å²) in [5.74, 6) is 0.0680. The number of nitrogens with zero attached hydrogens (tertiary/aromatic N) is 3. The lowest BCUT2D eigenvalue weighted by atomic mass is 10.3. The predicted molar refractivity (Wildman–Crippen MR) is 45.4 cm³/mol. The maximum Gasteiger partial charge on any atom is 0.384 e. The highest BCUT2D eigenvalue weighted by molar-refractivity contribution is 5.84. The lowest BCUT2D eigenvalue weighted by Gasteiger charge is -2.01. The zero-order valence-electron chi connectivity index (χ0n) is 6.51. The summed E-state index contributed by atoms with van der Waals surface area (Å²) in [6.45, 7) is 0. The average molecular weight is 178 g/mol. The minimum atomic E-state index is -0.830. The van der Waals surface area contributed by atoms with Crippen molar-refractivity contribution >= 4 is 16.9 Å². The van der Waals surface area contributed by atoms with Crippen LogP contribution < -0.4 is 11.4 Å². The SMILES string of the molecule is Nc1nc(=O)n(O)c2ncccc12. The molecular weight excluding hydrogens is 172 g/mol. The van der Waals surface area contributed by atoms with Gasteiger partial charge in [0, 0.05) is 6.20 Å². The van der Waals surface area contributed by atoms with Gasteiger partial charge in [-0.05, 0) is 12.1 Å². The monoisotopic (exact) mass is 178 g/mol. The zero-order chi connectivity index (χ0) is 9.42. The van der Waals surface area contributed by atoms with E-state index < -0.39 is 5.69 Å². The first-order valence-electron chi connectivity index (χ1n) is 3.52. The lowest BCUT2D eigenvalue weighted by molar-refractivity contribution is 0.182. The molecule has 6 nitrogen and oxygen atoms in total. The summed E-state index contributed by atoms with van der Waals surface area (Å²) in [7, 11) is 0. The van der Waals surface area contributed by atoms with E-state index in [0.29, 0.717) is 10.1 Å². The first-order valence-corrected chi connectivity index (χ1v) is 3.52. The van der Waals surface area contributed by atoms with Crippen molar-refractivity contribution in [1.29, 1.82) is 0 Å².